The van der Waals surface area contributed by atoms with Crippen molar-refractivity contribution in [1.29, 1.82) is 0 Å². The first-order valence-electron chi connectivity index (χ1n) is 7.90. The molecule has 0 aliphatic heterocycles. The van der Waals surface area contributed by atoms with Crippen LogP contribution in [0.4, 0.5) is 30.8 Å². The maximum absolute atomic E-state index is 14.0. The van der Waals surface area contributed by atoms with E-state index in [-0.39, 0.29) is 33.9 Å². The lowest BCUT2D eigenvalue weighted by atomic mass is 10.3. The summed E-state index contributed by atoms with van der Waals surface area (Å²) in [5, 5.41) is 2.75. The summed E-state index contributed by atoms with van der Waals surface area (Å²) >= 11 is 5.66. The van der Waals surface area contributed by atoms with Gasteiger partial charge in [0.15, 0.2) is 5.82 Å². The number of nitrogens with one attached hydrogen (secondary N) is 1. The van der Waals surface area contributed by atoms with Crippen molar-refractivity contribution >= 4 is 40.2 Å². The van der Waals surface area contributed by atoms with Gasteiger partial charge in [-0.25, -0.2) is 18.2 Å². The van der Waals surface area contributed by atoms with Gasteiger partial charge >= 0.3 is 0 Å². The molecule has 4 rings (SSSR count). The fourth-order valence-electron chi connectivity index (χ4n) is 2.71. The number of aromatic nitrogens is 5. The largest absolute Gasteiger partial charge is 0.368 e. The molecule has 28 heavy (non-hydrogen) atoms. The average Bonchev–Trinajstić information content (AvgIpc) is 2.94. The van der Waals surface area contributed by atoms with E-state index in [0.717, 1.165) is 18.2 Å². The molecule has 0 saturated heterocycles. The number of nitrogen functional groups attached to an aromatic ring is 1. The minimum Gasteiger partial charge on any atom is -0.368 e. The number of anilines is 3. The highest BCUT2D eigenvalue weighted by Crippen LogP contribution is 2.25. The smallest absolute Gasteiger partial charge is 0.242 e. The monoisotopic (exact) mass is 405 g/mol. The fourth-order valence-corrected chi connectivity index (χ4v) is 2.83. The molecule has 0 atom stereocenters. The molecule has 0 fully saturated rings. The second-order valence-corrected chi connectivity index (χ2v) is 6.23. The minimum absolute atomic E-state index is 0.00217. The Labute approximate surface area is 161 Å². The van der Waals surface area contributed by atoms with Gasteiger partial charge in [-0.2, -0.15) is 15.0 Å². The molecule has 0 saturated carbocycles. The van der Waals surface area contributed by atoms with Gasteiger partial charge in [-0.1, -0.05) is 11.6 Å². The molecule has 0 unspecified atom stereocenters. The summed E-state index contributed by atoms with van der Waals surface area (Å²) < 4.78 is 42.7. The maximum Gasteiger partial charge on any atom is 0.242 e. The fraction of sp³-hybridized carbons (Fsp3) is 0.0588. The van der Waals surface area contributed by atoms with E-state index in [9.17, 15) is 13.2 Å². The van der Waals surface area contributed by atoms with Crippen molar-refractivity contribution in [3.05, 3.63) is 58.6 Å². The Bertz CT molecular complexity index is 1230. The summed E-state index contributed by atoms with van der Waals surface area (Å²) in [6.07, 6.45) is 0. The zero-order valence-corrected chi connectivity index (χ0v) is 15.0. The van der Waals surface area contributed by atoms with Crippen molar-refractivity contribution in [2.45, 2.75) is 6.92 Å². The Balaban J connectivity index is 1.82. The number of aryl methyl sites for hydroxylation is 1. The summed E-state index contributed by atoms with van der Waals surface area (Å²) in [6, 6.07) is 5.89. The first-order valence-corrected chi connectivity index (χ1v) is 8.27. The molecule has 0 radical (unpaired) electrons. The van der Waals surface area contributed by atoms with Gasteiger partial charge in [0.1, 0.15) is 23.0 Å². The molecule has 2 aromatic carbocycles. The van der Waals surface area contributed by atoms with Gasteiger partial charge in [0, 0.05) is 17.8 Å². The molecule has 142 valence electrons. The topological polar surface area (TPSA) is 94.5 Å². The van der Waals surface area contributed by atoms with E-state index >= 15 is 0 Å². The molecule has 4 aromatic rings. The van der Waals surface area contributed by atoms with E-state index in [1.807, 2.05) is 0 Å². The van der Waals surface area contributed by atoms with Crippen molar-refractivity contribution in [3.63, 3.8) is 0 Å². The highest BCUT2D eigenvalue weighted by atomic mass is 35.5. The number of rotatable bonds is 3. The lowest BCUT2D eigenvalue weighted by Crippen LogP contribution is -2.10. The van der Waals surface area contributed by atoms with E-state index in [1.54, 1.807) is 6.92 Å². The molecular formula is C17H11ClF3N7. The second-order valence-electron chi connectivity index (χ2n) is 5.82. The van der Waals surface area contributed by atoms with E-state index in [1.165, 1.54) is 16.7 Å². The van der Waals surface area contributed by atoms with Crippen LogP contribution in [0.5, 0.6) is 0 Å². The van der Waals surface area contributed by atoms with Crippen LogP contribution in [0, 0.1) is 24.4 Å². The molecule has 0 spiro atoms. The van der Waals surface area contributed by atoms with Crippen LogP contribution in [0.15, 0.2) is 30.3 Å². The summed E-state index contributed by atoms with van der Waals surface area (Å²) in [4.78, 5) is 16.3. The van der Waals surface area contributed by atoms with Crippen molar-refractivity contribution < 1.29 is 13.2 Å². The van der Waals surface area contributed by atoms with E-state index in [2.05, 4.69) is 25.3 Å². The van der Waals surface area contributed by atoms with Crippen LogP contribution in [0.25, 0.3) is 17.0 Å². The molecule has 0 aliphatic carbocycles. The number of nitrogens with zero attached hydrogens (tertiary/aromatic N) is 5. The van der Waals surface area contributed by atoms with E-state index in [0.29, 0.717) is 11.5 Å². The molecule has 11 heteroatoms. The van der Waals surface area contributed by atoms with Crippen molar-refractivity contribution in [1.82, 2.24) is 24.5 Å². The van der Waals surface area contributed by atoms with E-state index in [4.69, 9.17) is 17.3 Å². The van der Waals surface area contributed by atoms with Gasteiger partial charge in [0.2, 0.25) is 17.8 Å². The Kier molecular flexibility index (Phi) is 4.27. The number of hydrogen-bond donors (Lipinski definition) is 2. The van der Waals surface area contributed by atoms with Crippen molar-refractivity contribution in [3.8, 4) is 5.95 Å². The Morgan fingerprint density at radius 3 is 2.54 bits per heavy atom. The highest BCUT2D eigenvalue weighted by Gasteiger charge is 2.17. The third-order valence-corrected chi connectivity index (χ3v) is 4.17. The van der Waals surface area contributed by atoms with Crippen LogP contribution in [-0.2, 0) is 0 Å². The predicted octanol–water partition coefficient (Wildman–Crippen LogP) is 3.92. The first-order chi connectivity index (χ1) is 13.3. The van der Waals surface area contributed by atoms with Crippen LogP contribution < -0.4 is 11.1 Å². The quantitative estimate of drug-likeness (QED) is 0.536. The van der Waals surface area contributed by atoms with Gasteiger partial charge in [0.05, 0.1) is 10.5 Å². The predicted molar refractivity (Wildman–Crippen MR) is 98.2 cm³/mol. The summed E-state index contributed by atoms with van der Waals surface area (Å²) in [7, 11) is 0. The van der Waals surface area contributed by atoms with Crippen LogP contribution in [0.1, 0.15) is 5.82 Å². The Morgan fingerprint density at radius 2 is 1.79 bits per heavy atom. The Hall–Kier alpha value is -3.40. The van der Waals surface area contributed by atoms with Crippen LogP contribution >= 0.6 is 11.6 Å². The third-order valence-electron chi connectivity index (χ3n) is 3.86. The van der Waals surface area contributed by atoms with Crippen molar-refractivity contribution in [2.75, 3.05) is 11.1 Å². The molecule has 7 nitrogen and oxygen atoms in total. The lowest BCUT2D eigenvalue weighted by Gasteiger charge is -2.10. The molecule has 3 N–H and O–H groups in total. The number of fused-ring (bicyclic) bond motifs is 1. The van der Waals surface area contributed by atoms with E-state index < -0.39 is 17.5 Å². The normalized spacial score (nSPS) is 11.2. The first kappa shape index (κ1) is 18.0. The van der Waals surface area contributed by atoms with Crippen LogP contribution in [0.2, 0.25) is 5.02 Å². The molecule has 0 bridgehead atoms. The summed E-state index contributed by atoms with van der Waals surface area (Å²) in [5.41, 5.74) is 6.16. The summed E-state index contributed by atoms with van der Waals surface area (Å²) in [6.45, 7) is 1.58. The van der Waals surface area contributed by atoms with Gasteiger partial charge < -0.3 is 11.1 Å². The zero-order valence-electron chi connectivity index (χ0n) is 14.2. The molecule has 0 amide bonds. The number of nitrogens with two attached hydrogens (primary N) is 1. The zero-order chi connectivity index (χ0) is 20.0. The number of hydrogen-bond acceptors (Lipinski definition) is 6. The molecule has 0 aliphatic rings. The van der Waals surface area contributed by atoms with Crippen LogP contribution in [-0.4, -0.2) is 24.5 Å². The van der Waals surface area contributed by atoms with Gasteiger partial charge in [-0.15, -0.1) is 0 Å². The van der Waals surface area contributed by atoms with Gasteiger partial charge in [-0.05, 0) is 25.1 Å². The van der Waals surface area contributed by atoms with Gasteiger partial charge in [-0.3, -0.25) is 4.57 Å². The second kappa shape index (κ2) is 6.64. The lowest BCUT2D eigenvalue weighted by molar-refractivity contribution is 0.590. The molecule has 2 aromatic heterocycles. The summed E-state index contributed by atoms with van der Waals surface area (Å²) in [5.74, 6) is -2.06. The number of imidazole rings is 1. The highest BCUT2D eigenvalue weighted by molar-refractivity contribution is 6.30. The number of halogens is 4. The molecule has 2 heterocycles. The standard InChI is InChI=1S/C17H11ClF3N7/c1-7-23-14-12(21)4-8(19)5-13(14)28(7)17-26-15(22)25-16(27-17)24-9-2-3-10(18)11(20)6-9/h2-6H,1H3,(H3,22,24,25,26,27). The van der Waals surface area contributed by atoms with Gasteiger partial charge in [0.25, 0.3) is 0 Å². The van der Waals surface area contributed by atoms with Crippen LogP contribution in [0.3, 0.4) is 0 Å². The minimum atomic E-state index is -0.811. The maximum atomic E-state index is 14.0. The third kappa shape index (κ3) is 3.18. The van der Waals surface area contributed by atoms with Crippen molar-refractivity contribution in [2.24, 2.45) is 0 Å². The Morgan fingerprint density at radius 1 is 1.00 bits per heavy atom. The number of benzene rings is 2. The SMILES string of the molecule is Cc1nc2c(F)cc(F)cc2n1-c1nc(N)nc(Nc2ccc(Cl)c(F)c2)n1. The molecular weight excluding hydrogens is 395 g/mol. The average molecular weight is 406 g/mol.